The second-order valence-electron chi connectivity index (χ2n) is 2.48. The van der Waals surface area contributed by atoms with E-state index in [1.165, 1.54) is 0 Å². The monoisotopic (exact) mass is 191 g/mol. The Bertz CT molecular complexity index is 348. The highest BCUT2D eigenvalue weighted by Crippen LogP contribution is 2.15. The van der Waals surface area contributed by atoms with Crippen molar-refractivity contribution in [2.24, 2.45) is 0 Å². The Labute approximate surface area is 80.0 Å². The Kier molecular flexibility index (Phi) is 3.49. The number of rotatable bonds is 2. The maximum Gasteiger partial charge on any atom is 0.118 e. The van der Waals surface area contributed by atoms with Gasteiger partial charge in [0.05, 0.1) is 13.2 Å². The minimum absolute atomic E-state index is 0.616. The van der Waals surface area contributed by atoms with Crippen molar-refractivity contribution in [1.29, 1.82) is 5.26 Å². The average Bonchev–Trinajstić information content (AvgIpc) is 2.19. The molecular formula is C10H10NOP. The molecule has 0 bridgehead atoms. The summed E-state index contributed by atoms with van der Waals surface area (Å²) in [6.45, 7) is 0. The van der Waals surface area contributed by atoms with E-state index >= 15 is 0 Å². The van der Waals surface area contributed by atoms with Crippen LogP contribution in [-0.2, 0) is 0 Å². The van der Waals surface area contributed by atoms with Crippen molar-refractivity contribution < 1.29 is 4.74 Å². The fourth-order valence-corrected chi connectivity index (χ4v) is 1.10. The molecule has 0 fully saturated rings. The fraction of sp³-hybridized carbons (Fsp3) is 0.100. The van der Waals surface area contributed by atoms with Crippen molar-refractivity contribution >= 4 is 15.3 Å². The molecule has 1 rings (SSSR count). The molecule has 1 atom stereocenters. The van der Waals surface area contributed by atoms with Crippen LogP contribution in [-0.4, -0.2) is 7.11 Å². The number of nitrogens with zero attached hydrogens (tertiary/aromatic N) is 1. The van der Waals surface area contributed by atoms with Gasteiger partial charge in [-0.2, -0.15) is 5.26 Å². The van der Waals surface area contributed by atoms with E-state index in [-0.39, 0.29) is 0 Å². The summed E-state index contributed by atoms with van der Waals surface area (Å²) >= 11 is 0. The fourth-order valence-electron chi connectivity index (χ4n) is 0.912. The Morgan fingerprint density at radius 2 is 2.08 bits per heavy atom. The SMILES string of the molecule is COc1ccc(C=C(P)C#N)cc1. The van der Waals surface area contributed by atoms with Crippen LogP contribution in [0.3, 0.4) is 0 Å². The van der Waals surface area contributed by atoms with Crippen molar-refractivity contribution in [3.8, 4) is 11.8 Å². The molecule has 0 radical (unpaired) electrons. The average molecular weight is 191 g/mol. The molecule has 0 saturated carbocycles. The largest absolute Gasteiger partial charge is 0.497 e. The number of nitriles is 1. The molecule has 13 heavy (non-hydrogen) atoms. The van der Waals surface area contributed by atoms with Gasteiger partial charge in [0.1, 0.15) is 5.75 Å². The number of hydrogen-bond donors (Lipinski definition) is 0. The third-order valence-electron chi connectivity index (χ3n) is 1.57. The van der Waals surface area contributed by atoms with Gasteiger partial charge in [-0.15, -0.1) is 0 Å². The molecular weight excluding hydrogens is 181 g/mol. The van der Waals surface area contributed by atoms with Gasteiger partial charge in [-0.25, -0.2) is 0 Å². The molecule has 2 nitrogen and oxygen atoms in total. The molecule has 0 spiro atoms. The van der Waals surface area contributed by atoms with Crippen LogP contribution in [0.1, 0.15) is 5.56 Å². The molecule has 0 aliphatic heterocycles. The Morgan fingerprint density at radius 1 is 1.46 bits per heavy atom. The van der Waals surface area contributed by atoms with Crippen molar-refractivity contribution in [3.63, 3.8) is 0 Å². The molecule has 0 aliphatic carbocycles. The lowest BCUT2D eigenvalue weighted by Gasteiger charge is -1.98. The van der Waals surface area contributed by atoms with Gasteiger partial charge in [0.2, 0.25) is 0 Å². The molecule has 66 valence electrons. The first kappa shape index (κ1) is 9.77. The Balaban J connectivity index is 2.88. The van der Waals surface area contributed by atoms with Gasteiger partial charge in [-0.05, 0) is 23.8 Å². The van der Waals surface area contributed by atoms with Gasteiger partial charge >= 0.3 is 0 Å². The second kappa shape index (κ2) is 4.64. The molecule has 0 aromatic heterocycles. The van der Waals surface area contributed by atoms with E-state index in [4.69, 9.17) is 10.00 Å². The standard InChI is InChI=1S/C10H10NOP/c1-12-9-4-2-8(3-5-9)6-10(13)7-11/h2-6H,13H2,1H3. The van der Waals surface area contributed by atoms with Crippen LogP contribution in [0.15, 0.2) is 29.6 Å². The zero-order chi connectivity index (χ0) is 9.68. The van der Waals surface area contributed by atoms with E-state index in [0.29, 0.717) is 5.31 Å². The zero-order valence-corrected chi connectivity index (χ0v) is 8.47. The van der Waals surface area contributed by atoms with Crippen molar-refractivity contribution in [2.45, 2.75) is 0 Å². The molecule has 0 amide bonds. The molecule has 1 aromatic rings. The number of methoxy groups -OCH3 is 1. The second-order valence-corrected chi connectivity index (χ2v) is 3.11. The maximum absolute atomic E-state index is 8.53. The third-order valence-corrected chi connectivity index (χ3v) is 1.86. The van der Waals surface area contributed by atoms with Gasteiger partial charge in [0.15, 0.2) is 0 Å². The molecule has 3 heteroatoms. The summed E-state index contributed by atoms with van der Waals surface area (Å²) in [6, 6.07) is 9.57. The van der Waals surface area contributed by atoms with Crippen LogP contribution < -0.4 is 4.74 Å². The summed E-state index contributed by atoms with van der Waals surface area (Å²) in [6.07, 6.45) is 1.80. The quantitative estimate of drug-likeness (QED) is 0.531. The number of allylic oxidation sites excluding steroid dienone is 1. The molecule has 0 aliphatic rings. The highest BCUT2D eigenvalue weighted by molar-refractivity contribution is 7.23. The van der Waals surface area contributed by atoms with E-state index < -0.39 is 0 Å². The van der Waals surface area contributed by atoms with Crippen molar-refractivity contribution in [2.75, 3.05) is 7.11 Å². The van der Waals surface area contributed by atoms with Crippen LogP contribution >= 0.6 is 9.24 Å². The van der Waals surface area contributed by atoms with Crippen LogP contribution in [0.5, 0.6) is 5.75 Å². The van der Waals surface area contributed by atoms with Crippen molar-refractivity contribution in [3.05, 3.63) is 35.1 Å². The van der Waals surface area contributed by atoms with E-state index in [1.54, 1.807) is 13.2 Å². The zero-order valence-electron chi connectivity index (χ0n) is 7.32. The predicted octanol–water partition coefficient (Wildman–Crippen LogP) is 2.43. The molecule has 1 unspecified atom stereocenters. The van der Waals surface area contributed by atoms with Gasteiger partial charge in [0.25, 0.3) is 0 Å². The molecule has 1 aromatic carbocycles. The minimum atomic E-state index is 0.616. The van der Waals surface area contributed by atoms with Crippen LogP contribution in [0.4, 0.5) is 0 Å². The van der Waals surface area contributed by atoms with E-state index in [9.17, 15) is 0 Å². The summed E-state index contributed by atoms with van der Waals surface area (Å²) in [4.78, 5) is 0. The highest BCUT2D eigenvalue weighted by atomic mass is 31.0. The van der Waals surface area contributed by atoms with Crippen molar-refractivity contribution in [1.82, 2.24) is 0 Å². The highest BCUT2D eigenvalue weighted by Gasteiger charge is 1.91. The first-order valence-corrected chi connectivity index (χ1v) is 4.35. The number of ether oxygens (including phenoxy) is 1. The first-order valence-electron chi connectivity index (χ1n) is 3.77. The lowest BCUT2D eigenvalue weighted by atomic mass is 10.2. The first-order chi connectivity index (χ1) is 6.26. The predicted molar refractivity (Wildman–Crippen MR) is 56.3 cm³/mol. The van der Waals surface area contributed by atoms with Crippen LogP contribution in [0, 0.1) is 11.3 Å². The van der Waals surface area contributed by atoms with Gasteiger partial charge < -0.3 is 4.74 Å². The Hall–Kier alpha value is -1.32. The summed E-state index contributed by atoms with van der Waals surface area (Å²) in [5.41, 5.74) is 0.993. The molecule has 0 heterocycles. The van der Waals surface area contributed by atoms with Gasteiger partial charge in [-0.1, -0.05) is 21.4 Å². The molecule has 0 saturated heterocycles. The maximum atomic E-state index is 8.53. The van der Waals surface area contributed by atoms with Gasteiger partial charge in [-0.3, -0.25) is 0 Å². The smallest absolute Gasteiger partial charge is 0.118 e. The minimum Gasteiger partial charge on any atom is -0.497 e. The van der Waals surface area contributed by atoms with Crippen LogP contribution in [0.25, 0.3) is 6.08 Å². The number of hydrogen-bond acceptors (Lipinski definition) is 2. The summed E-state index contributed by atoms with van der Waals surface area (Å²) in [5.74, 6) is 0.819. The van der Waals surface area contributed by atoms with E-state index in [1.807, 2.05) is 30.3 Å². The third kappa shape index (κ3) is 2.89. The molecule has 0 N–H and O–H groups in total. The Morgan fingerprint density at radius 3 is 2.54 bits per heavy atom. The van der Waals surface area contributed by atoms with Gasteiger partial charge in [0, 0.05) is 5.31 Å². The van der Waals surface area contributed by atoms with Crippen LogP contribution in [0.2, 0.25) is 0 Å². The normalized spacial score (nSPS) is 10.7. The summed E-state index contributed by atoms with van der Waals surface area (Å²) < 4.78 is 5.01. The number of benzene rings is 1. The lowest BCUT2D eigenvalue weighted by molar-refractivity contribution is 0.415. The van der Waals surface area contributed by atoms with E-state index in [0.717, 1.165) is 11.3 Å². The van der Waals surface area contributed by atoms with E-state index in [2.05, 4.69) is 9.24 Å². The topological polar surface area (TPSA) is 33.0 Å². The summed E-state index contributed by atoms with van der Waals surface area (Å²) in [7, 11) is 4.00. The lowest BCUT2D eigenvalue weighted by Crippen LogP contribution is -1.81. The summed E-state index contributed by atoms with van der Waals surface area (Å²) in [5, 5.41) is 9.15.